The standard InChI is InChI=1S/C18H16NO.Ir/c1-12-9-10-16(20-3)18-17(12)13(2)11-15(19-18)14-7-5-4-6-8-14;/h4-7,9-11H,1-3H3;/q-1;. The van der Waals surface area contributed by atoms with Crippen molar-refractivity contribution in [2.45, 2.75) is 13.8 Å². The van der Waals surface area contributed by atoms with Crippen LogP contribution in [0.2, 0.25) is 0 Å². The van der Waals surface area contributed by atoms with Gasteiger partial charge in [0.1, 0.15) is 11.3 Å². The molecule has 3 aromatic rings. The number of hydrogen-bond donors (Lipinski definition) is 0. The number of aryl methyl sites for hydroxylation is 2. The Bertz CT molecular complexity index is 769. The van der Waals surface area contributed by atoms with E-state index in [1.54, 1.807) is 7.11 Å². The monoisotopic (exact) mass is 455 g/mol. The first-order chi connectivity index (χ1) is 9.70. The Labute approximate surface area is 138 Å². The van der Waals surface area contributed by atoms with Gasteiger partial charge in [-0.25, -0.2) is 0 Å². The molecule has 0 saturated heterocycles. The number of methoxy groups -OCH3 is 1. The summed E-state index contributed by atoms with van der Waals surface area (Å²) in [4.78, 5) is 4.78. The third-order valence-electron chi connectivity index (χ3n) is 3.53. The zero-order chi connectivity index (χ0) is 14.1. The normalized spacial score (nSPS) is 10.2. The summed E-state index contributed by atoms with van der Waals surface area (Å²) in [5.74, 6) is 0.812. The number of fused-ring (bicyclic) bond motifs is 1. The molecule has 3 heteroatoms. The molecule has 0 aliphatic carbocycles. The van der Waals surface area contributed by atoms with E-state index in [-0.39, 0.29) is 20.1 Å². The molecule has 0 spiro atoms. The minimum Gasteiger partial charge on any atom is -0.495 e. The second-order valence-electron chi connectivity index (χ2n) is 4.91. The van der Waals surface area contributed by atoms with Gasteiger partial charge in [-0.05, 0) is 36.7 Å². The van der Waals surface area contributed by atoms with Crippen molar-refractivity contribution >= 4 is 10.9 Å². The maximum Gasteiger partial charge on any atom is 0.144 e. The molecule has 2 aromatic carbocycles. The van der Waals surface area contributed by atoms with Crippen LogP contribution < -0.4 is 4.74 Å². The minimum absolute atomic E-state index is 0. The van der Waals surface area contributed by atoms with E-state index < -0.39 is 0 Å². The number of pyridine rings is 1. The molecule has 0 fully saturated rings. The topological polar surface area (TPSA) is 22.1 Å². The molecule has 21 heavy (non-hydrogen) atoms. The molecule has 0 amide bonds. The second kappa shape index (κ2) is 6.38. The Morgan fingerprint density at radius 1 is 1.05 bits per heavy atom. The van der Waals surface area contributed by atoms with Gasteiger partial charge >= 0.3 is 0 Å². The summed E-state index contributed by atoms with van der Waals surface area (Å²) in [6.45, 7) is 4.22. The van der Waals surface area contributed by atoms with Crippen molar-refractivity contribution in [2.24, 2.45) is 0 Å². The molecule has 0 atom stereocenters. The molecule has 1 radical (unpaired) electrons. The van der Waals surface area contributed by atoms with Crippen LogP contribution in [0.4, 0.5) is 0 Å². The summed E-state index contributed by atoms with van der Waals surface area (Å²) in [7, 11) is 1.68. The molecule has 0 aliphatic rings. The Morgan fingerprint density at radius 3 is 2.52 bits per heavy atom. The first-order valence-corrected chi connectivity index (χ1v) is 6.62. The van der Waals surface area contributed by atoms with Crippen LogP contribution in [0.3, 0.4) is 0 Å². The van der Waals surface area contributed by atoms with Crippen LogP contribution in [0, 0.1) is 19.9 Å². The largest absolute Gasteiger partial charge is 0.495 e. The quantitative estimate of drug-likeness (QED) is 0.538. The first-order valence-electron chi connectivity index (χ1n) is 6.62. The number of aromatic nitrogens is 1. The zero-order valence-electron chi connectivity index (χ0n) is 12.2. The Balaban J connectivity index is 0.00000161. The molecular formula is C18H16IrNO-. The number of nitrogens with zero attached hydrogens (tertiary/aromatic N) is 1. The summed E-state index contributed by atoms with van der Waals surface area (Å²) in [5, 5.41) is 1.17. The zero-order valence-corrected chi connectivity index (χ0v) is 14.6. The van der Waals surface area contributed by atoms with Crippen LogP contribution in [0.15, 0.2) is 42.5 Å². The fraction of sp³-hybridized carbons (Fsp3) is 0.167. The van der Waals surface area contributed by atoms with Crippen molar-refractivity contribution in [3.8, 4) is 17.0 Å². The molecule has 1 heterocycles. The summed E-state index contributed by atoms with van der Waals surface area (Å²) in [6, 6.07) is 17.3. The summed E-state index contributed by atoms with van der Waals surface area (Å²) in [6.07, 6.45) is 0. The van der Waals surface area contributed by atoms with Gasteiger partial charge in [-0.3, -0.25) is 4.98 Å². The molecule has 1 aromatic heterocycles. The fourth-order valence-electron chi connectivity index (χ4n) is 2.57. The minimum atomic E-state index is 0. The third kappa shape index (κ3) is 2.85. The smallest absolute Gasteiger partial charge is 0.144 e. The first kappa shape index (κ1) is 15.7. The van der Waals surface area contributed by atoms with Crippen molar-refractivity contribution in [1.82, 2.24) is 4.98 Å². The van der Waals surface area contributed by atoms with Gasteiger partial charge < -0.3 is 4.74 Å². The molecule has 0 saturated carbocycles. The van der Waals surface area contributed by atoms with E-state index in [0.717, 1.165) is 22.5 Å². The molecular weight excluding hydrogens is 438 g/mol. The van der Waals surface area contributed by atoms with Crippen molar-refractivity contribution < 1.29 is 24.8 Å². The van der Waals surface area contributed by atoms with E-state index in [2.05, 4.69) is 32.0 Å². The number of hydrogen-bond acceptors (Lipinski definition) is 2. The molecule has 109 valence electrons. The molecule has 0 unspecified atom stereocenters. The predicted octanol–water partition coefficient (Wildman–Crippen LogP) is 4.32. The van der Waals surface area contributed by atoms with Gasteiger partial charge in [0, 0.05) is 25.5 Å². The Morgan fingerprint density at radius 2 is 1.86 bits per heavy atom. The maximum absolute atomic E-state index is 5.46. The Kier molecular flexibility index (Phi) is 4.76. The summed E-state index contributed by atoms with van der Waals surface area (Å²) in [5.41, 5.74) is 5.27. The Hall–Kier alpha value is -1.70. The molecule has 0 aliphatic heterocycles. The van der Waals surface area contributed by atoms with E-state index in [1.165, 1.54) is 16.5 Å². The van der Waals surface area contributed by atoms with Crippen molar-refractivity contribution in [3.05, 3.63) is 59.7 Å². The molecule has 2 nitrogen and oxygen atoms in total. The summed E-state index contributed by atoms with van der Waals surface area (Å²) < 4.78 is 5.46. The van der Waals surface area contributed by atoms with Gasteiger partial charge in [-0.2, -0.15) is 0 Å². The van der Waals surface area contributed by atoms with Crippen LogP contribution in [0.1, 0.15) is 11.1 Å². The average Bonchev–Trinajstić information content (AvgIpc) is 2.48. The molecule has 3 rings (SSSR count). The van der Waals surface area contributed by atoms with Crippen LogP contribution in [-0.2, 0) is 20.1 Å². The fourth-order valence-corrected chi connectivity index (χ4v) is 2.57. The van der Waals surface area contributed by atoms with Gasteiger partial charge in [0.05, 0.1) is 7.11 Å². The van der Waals surface area contributed by atoms with Gasteiger partial charge in [-0.1, -0.05) is 12.1 Å². The van der Waals surface area contributed by atoms with E-state index in [9.17, 15) is 0 Å². The second-order valence-corrected chi connectivity index (χ2v) is 4.91. The van der Waals surface area contributed by atoms with Crippen LogP contribution in [-0.4, -0.2) is 12.1 Å². The predicted molar refractivity (Wildman–Crippen MR) is 82.0 cm³/mol. The van der Waals surface area contributed by atoms with Gasteiger partial charge in [0.15, 0.2) is 0 Å². The number of ether oxygens (including phenoxy) is 1. The van der Waals surface area contributed by atoms with Crippen molar-refractivity contribution in [1.29, 1.82) is 0 Å². The van der Waals surface area contributed by atoms with Gasteiger partial charge in [0.25, 0.3) is 0 Å². The van der Waals surface area contributed by atoms with Crippen molar-refractivity contribution in [2.75, 3.05) is 7.11 Å². The molecule has 0 N–H and O–H groups in total. The van der Waals surface area contributed by atoms with Crippen LogP contribution >= 0.6 is 0 Å². The van der Waals surface area contributed by atoms with Crippen molar-refractivity contribution in [3.63, 3.8) is 0 Å². The molecule has 0 bridgehead atoms. The summed E-state index contributed by atoms with van der Waals surface area (Å²) >= 11 is 0. The van der Waals surface area contributed by atoms with Crippen LogP contribution in [0.5, 0.6) is 5.75 Å². The van der Waals surface area contributed by atoms with Crippen LogP contribution in [0.25, 0.3) is 22.2 Å². The average molecular weight is 455 g/mol. The van der Waals surface area contributed by atoms with E-state index in [0.29, 0.717) is 0 Å². The van der Waals surface area contributed by atoms with E-state index in [1.807, 2.05) is 30.3 Å². The SMILES string of the molecule is COc1ccc(C)c2c(C)cc(-c3[c-]cccc3)nc12.[Ir]. The maximum atomic E-state index is 5.46. The number of rotatable bonds is 2. The van der Waals surface area contributed by atoms with E-state index in [4.69, 9.17) is 9.72 Å². The van der Waals surface area contributed by atoms with E-state index >= 15 is 0 Å². The third-order valence-corrected chi connectivity index (χ3v) is 3.53. The van der Waals surface area contributed by atoms with Gasteiger partial charge in [0.2, 0.25) is 0 Å². The number of benzene rings is 2. The van der Waals surface area contributed by atoms with Gasteiger partial charge in [-0.15, -0.1) is 35.9 Å².